The Bertz CT molecular complexity index is 365. The first-order chi connectivity index (χ1) is 7.26. The number of hydrogen-bond donors (Lipinski definition) is 1. The fraction of sp³-hybridized carbons (Fsp3) is 0.364. The van der Waals surface area contributed by atoms with Crippen LogP contribution in [0.15, 0.2) is 29.2 Å². The highest BCUT2D eigenvalue weighted by molar-refractivity contribution is 7.97. The van der Waals surface area contributed by atoms with Crippen LogP contribution in [0.2, 0.25) is 5.02 Å². The van der Waals surface area contributed by atoms with Crippen LogP contribution in [0.1, 0.15) is 19.3 Å². The number of nitrogens with one attached hydrogen (secondary N) is 1. The molecule has 0 aliphatic heterocycles. The molecule has 1 aliphatic carbocycles. The van der Waals surface area contributed by atoms with E-state index in [1.54, 1.807) is 0 Å². The molecule has 1 aromatic rings. The van der Waals surface area contributed by atoms with Crippen molar-refractivity contribution in [2.75, 3.05) is 0 Å². The molecule has 15 heavy (non-hydrogen) atoms. The monoisotopic (exact) mass is 241 g/mol. The maximum Gasteiger partial charge on any atom is 0.140 e. The lowest BCUT2D eigenvalue weighted by atomic mass is 9.79. The third-order valence-corrected chi connectivity index (χ3v) is 4.20. The van der Waals surface area contributed by atoms with Crippen molar-refractivity contribution < 1.29 is 4.79 Å². The predicted octanol–water partition coefficient (Wildman–Crippen LogP) is 3.06. The van der Waals surface area contributed by atoms with Crippen molar-refractivity contribution in [3.63, 3.8) is 0 Å². The maximum absolute atomic E-state index is 10.9. The van der Waals surface area contributed by atoms with Gasteiger partial charge in [-0.05, 0) is 43.3 Å². The first-order valence-electron chi connectivity index (χ1n) is 4.91. The normalized spacial score (nSPS) is 18.2. The van der Waals surface area contributed by atoms with Gasteiger partial charge in [-0.15, -0.1) is 0 Å². The van der Waals surface area contributed by atoms with E-state index in [1.807, 2.05) is 24.3 Å². The van der Waals surface area contributed by atoms with Gasteiger partial charge in [-0.25, -0.2) is 4.72 Å². The molecule has 0 saturated heterocycles. The van der Waals surface area contributed by atoms with Crippen LogP contribution in [0.5, 0.6) is 0 Å². The standard InChI is InChI=1S/C11H12ClNOS/c12-9-4-1-2-5-10(9)15-13-11(8-14)6-3-7-11/h1-2,4-5,8,13H,3,6-7H2. The summed E-state index contributed by atoms with van der Waals surface area (Å²) in [6.45, 7) is 0. The van der Waals surface area contributed by atoms with E-state index in [4.69, 9.17) is 11.6 Å². The molecule has 4 heteroatoms. The number of carbonyl (C=O) groups is 1. The van der Waals surface area contributed by atoms with Gasteiger partial charge in [0.2, 0.25) is 0 Å². The molecule has 1 saturated carbocycles. The highest BCUT2D eigenvalue weighted by Gasteiger charge is 2.36. The molecule has 80 valence electrons. The Kier molecular flexibility index (Phi) is 3.34. The van der Waals surface area contributed by atoms with Gasteiger partial charge in [-0.2, -0.15) is 0 Å². The van der Waals surface area contributed by atoms with E-state index >= 15 is 0 Å². The fourth-order valence-electron chi connectivity index (χ4n) is 1.49. The van der Waals surface area contributed by atoms with Crippen LogP contribution in [-0.4, -0.2) is 11.8 Å². The van der Waals surface area contributed by atoms with Crippen molar-refractivity contribution in [2.45, 2.75) is 29.7 Å². The Labute approximate surface area is 98.5 Å². The van der Waals surface area contributed by atoms with Crippen molar-refractivity contribution in [3.05, 3.63) is 29.3 Å². The zero-order valence-electron chi connectivity index (χ0n) is 8.20. The van der Waals surface area contributed by atoms with Gasteiger partial charge in [0.15, 0.2) is 0 Å². The zero-order chi connectivity index (χ0) is 10.7. The number of rotatable bonds is 4. The van der Waals surface area contributed by atoms with Crippen molar-refractivity contribution in [3.8, 4) is 0 Å². The molecule has 2 rings (SSSR count). The van der Waals surface area contributed by atoms with Gasteiger partial charge in [-0.1, -0.05) is 23.7 Å². The first kappa shape index (κ1) is 11.0. The lowest BCUT2D eigenvalue weighted by Gasteiger charge is -2.36. The average molecular weight is 242 g/mol. The molecule has 0 unspecified atom stereocenters. The van der Waals surface area contributed by atoms with E-state index in [0.717, 1.165) is 35.5 Å². The van der Waals surface area contributed by atoms with E-state index in [9.17, 15) is 4.79 Å². The van der Waals surface area contributed by atoms with Gasteiger partial charge in [0.1, 0.15) is 6.29 Å². The minimum Gasteiger partial charge on any atom is -0.301 e. The summed E-state index contributed by atoms with van der Waals surface area (Å²) < 4.78 is 3.20. The molecule has 0 bridgehead atoms. The number of hydrogen-bond acceptors (Lipinski definition) is 3. The predicted molar refractivity (Wildman–Crippen MR) is 63.1 cm³/mol. The van der Waals surface area contributed by atoms with Gasteiger partial charge in [0.25, 0.3) is 0 Å². The molecule has 0 radical (unpaired) electrons. The van der Waals surface area contributed by atoms with Crippen LogP contribution in [-0.2, 0) is 4.79 Å². The molecule has 2 nitrogen and oxygen atoms in total. The van der Waals surface area contributed by atoms with E-state index in [0.29, 0.717) is 0 Å². The van der Waals surface area contributed by atoms with Crippen LogP contribution in [0.4, 0.5) is 0 Å². The van der Waals surface area contributed by atoms with E-state index in [2.05, 4.69) is 4.72 Å². The number of carbonyl (C=O) groups excluding carboxylic acids is 1. The topological polar surface area (TPSA) is 29.1 Å². The summed E-state index contributed by atoms with van der Waals surface area (Å²) in [6.07, 6.45) is 3.98. The minimum atomic E-state index is -0.316. The summed E-state index contributed by atoms with van der Waals surface area (Å²) in [5, 5.41) is 0.718. The zero-order valence-corrected chi connectivity index (χ0v) is 9.77. The molecular formula is C11H12ClNOS. The van der Waals surface area contributed by atoms with Gasteiger partial charge in [-0.3, -0.25) is 0 Å². The Morgan fingerprint density at radius 2 is 2.13 bits per heavy atom. The molecule has 1 aliphatic rings. The van der Waals surface area contributed by atoms with Gasteiger partial charge >= 0.3 is 0 Å². The second-order valence-corrected chi connectivity index (χ2v) is 5.02. The quantitative estimate of drug-likeness (QED) is 0.649. The largest absolute Gasteiger partial charge is 0.301 e. The molecule has 0 atom stereocenters. The first-order valence-corrected chi connectivity index (χ1v) is 6.10. The van der Waals surface area contributed by atoms with Gasteiger partial charge in [0, 0.05) is 4.90 Å². The van der Waals surface area contributed by atoms with Crippen molar-refractivity contribution >= 4 is 29.8 Å². The molecule has 1 N–H and O–H groups in total. The summed E-state index contributed by atoms with van der Waals surface area (Å²) in [4.78, 5) is 11.9. The second-order valence-electron chi connectivity index (χ2n) is 3.76. The van der Waals surface area contributed by atoms with Crippen molar-refractivity contribution in [2.24, 2.45) is 0 Å². The van der Waals surface area contributed by atoms with Crippen LogP contribution >= 0.6 is 23.5 Å². The van der Waals surface area contributed by atoms with E-state index in [-0.39, 0.29) is 5.54 Å². The number of benzene rings is 1. The Balaban J connectivity index is 1.98. The maximum atomic E-state index is 10.9. The lowest BCUT2D eigenvalue weighted by Crippen LogP contribution is -2.49. The Hall–Kier alpha value is -0.510. The van der Waals surface area contributed by atoms with Crippen LogP contribution < -0.4 is 4.72 Å². The summed E-state index contributed by atoms with van der Waals surface area (Å²) in [7, 11) is 0. The van der Waals surface area contributed by atoms with E-state index < -0.39 is 0 Å². The average Bonchev–Trinajstić information content (AvgIpc) is 2.19. The van der Waals surface area contributed by atoms with Crippen LogP contribution in [0.3, 0.4) is 0 Å². The third kappa shape index (κ3) is 2.36. The fourth-order valence-corrected chi connectivity index (χ4v) is 2.61. The van der Waals surface area contributed by atoms with Crippen molar-refractivity contribution in [1.82, 2.24) is 4.72 Å². The highest BCUT2D eigenvalue weighted by Crippen LogP contribution is 2.34. The smallest absolute Gasteiger partial charge is 0.140 e. The lowest BCUT2D eigenvalue weighted by molar-refractivity contribution is -0.115. The van der Waals surface area contributed by atoms with Crippen LogP contribution in [0.25, 0.3) is 0 Å². The third-order valence-electron chi connectivity index (χ3n) is 2.67. The Morgan fingerprint density at radius 1 is 1.40 bits per heavy atom. The van der Waals surface area contributed by atoms with E-state index in [1.165, 1.54) is 11.9 Å². The summed E-state index contributed by atoms with van der Waals surface area (Å²) in [6, 6.07) is 7.62. The molecular weight excluding hydrogens is 230 g/mol. The summed E-state index contributed by atoms with van der Waals surface area (Å²) in [5.74, 6) is 0. The summed E-state index contributed by atoms with van der Waals surface area (Å²) in [5.41, 5.74) is -0.316. The van der Waals surface area contributed by atoms with Gasteiger partial charge < -0.3 is 4.79 Å². The SMILES string of the molecule is O=CC1(NSc2ccccc2Cl)CCC1. The molecule has 0 amide bonds. The number of aldehydes is 1. The molecule has 0 heterocycles. The number of halogens is 1. The Morgan fingerprint density at radius 3 is 2.67 bits per heavy atom. The summed E-state index contributed by atoms with van der Waals surface area (Å²) >= 11 is 7.45. The molecule has 0 aromatic heterocycles. The highest BCUT2D eigenvalue weighted by atomic mass is 35.5. The van der Waals surface area contributed by atoms with Crippen LogP contribution in [0, 0.1) is 0 Å². The minimum absolute atomic E-state index is 0.316. The van der Waals surface area contributed by atoms with Crippen molar-refractivity contribution in [1.29, 1.82) is 0 Å². The molecule has 1 fully saturated rings. The molecule has 0 spiro atoms. The van der Waals surface area contributed by atoms with Gasteiger partial charge in [0.05, 0.1) is 10.6 Å². The molecule has 1 aromatic carbocycles. The second kappa shape index (κ2) is 4.56.